The first kappa shape index (κ1) is 10.9. The Morgan fingerprint density at radius 1 is 1.20 bits per heavy atom. The third-order valence-corrected chi connectivity index (χ3v) is 1.60. The predicted molar refractivity (Wildman–Crippen MR) is 54.0 cm³/mol. The van der Waals surface area contributed by atoms with E-state index >= 15 is 0 Å². The quantitative estimate of drug-likeness (QED) is 0.428. The summed E-state index contributed by atoms with van der Waals surface area (Å²) in [6.07, 6.45) is 1.78. The number of hydrogen-bond donors (Lipinski definition) is 2. The number of carbonyl (C=O) groups is 2. The minimum Gasteiger partial charge on any atom is -0.366 e. The van der Waals surface area contributed by atoms with Gasteiger partial charge in [-0.2, -0.15) is 5.06 Å². The maximum Gasteiger partial charge on any atom is 0.274 e. The zero-order valence-corrected chi connectivity index (χ0v) is 7.83. The van der Waals surface area contributed by atoms with Crippen LogP contribution in [0.2, 0.25) is 0 Å². The highest BCUT2D eigenvalue weighted by molar-refractivity contribution is 6.03. The molecule has 5 heteroatoms. The van der Waals surface area contributed by atoms with Gasteiger partial charge in [0.25, 0.3) is 5.91 Å². The molecule has 0 spiro atoms. The average Bonchev–Trinajstić information content (AvgIpc) is 2.26. The molecule has 0 unspecified atom stereocenters. The second-order valence-electron chi connectivity index (χ2n) is 2.72. The molecular weight excluding hydrogens is 196 g/mol. The summed E-state index contributed by atoms with van der Waals surface area (Å²) in [5, 5.41) is 9.81. The predicted octanol–water partition coefficient (Wildman–Crippen LogP) is 0.450. The Balaban J connectivity index is 2.74. The topological polar surface area (TPSA) is 83.6 Å². The standard InChI is InChI=1S/C10H10N2O3/c11-9(13)6-7-10(14)12(15)8-4-2-1-3-5-8/h1-7,15H,(H2,11,13)/b7-6-. The molecule has 0 aromatic heterocycles. The zero-order chi connectivity index (χ0) is 11.3. The summed E-state index contributed by atoms with van der Waals surface area (Å²) in [6.45, 7) is 0. The van der Waals surface area contributed by atoms with Gasteiger partial charge in [0, 0.05) is 12.2 Å². The molecule has 0 saturated heterocycles. The van der Waals surface area contributed by atoms with Gasteiger partial charge in [0.15, 0.2) is 0 Å². The van der Waals surface area contributed by atoms with E-state index in [-0.39, 0.29) is 0 Å². The molecular formula is C10H10N2O3. The molecule has 3 N–H and O–H groups in total. The fourth-order valence-electron chi connectivity index (χ4n) is 0.920. The maximum atomic E-state index is 11.2. The number of nitrogens with zero attached hydrogens (tertiary/aromatic N) is 1. The number of nitrogens with two attached hydrogens (primary N) is 1. The van der Waals surface area contributed by atoms with Crippen LogP contribution in [-0.4, -0.2) is 17.0 Å². The molecule has 0 radical (unpaired) electrons. The normalized spacial score (nSPS) is 10.2. The molecule has 2 amide bonds. The minimum absolute atomic E-state index is 0.316. The van der Waals surface area contributed by atoms with Crippen molar-refractivity contribution < 1.29 is 14.8 Å². The lowest BCUT2D eigenvalue weighted by atomic mass is 10.3. The number of anilines is 1. The summed E-state index contributed by atoms with van der Waals surface area (Å²) in [4.78, 5) is 21.6. The molecule has 1 aromatic carbocycles. The molecule has 15 heavy (non-hydrogen) atoms. The van der Waals surface area contributed by atoms with Crippen LogP contribution in [0.1, 0.15) is 0 Å². The molecule has 78 valence electrons. The second kappa shape index (κ2) is 4.92. The van der Waals surface area contributed by atoms with Crippen molar-refractivity contribution in [2.75, 3.05) is 5.06 Å². The molecule has 0 atom stereocenters. The van der Waals surface area contributed by atoms with Crippen LogP contribution in [0.15, 0.2) is 42.5 Å². The molecule has 0 saturated carbocycles. The van der Waals surface area contributed by atoms with E-state index in [1.807, 2.05) is 0 Å². The number of benzene rings is 1. The second-order valence-corrected chi connectivity index (χ2v) is 2.72. The van der Waals surface area contributed by atoms with Gasteiger partial charge in [-0.3, -0.25) is 14.8 Å². The van der Waals surface area contributed by atoms with E-state index in [1.54, 1.807) is 30.3 Å². The summed E-state index contributed by atoms with van der Waals surface area (Å²) in [7, 11) is 0. The van der Waals surface area contributed by atoms with E-state index < -0.39 is 11.8 Å². The Labute approximate surface area is 86.4 Å². The van der Waals surface area contributed by atoms with Gasteiger partial charge in [0.2, 0.25) is 5.91 Å². The maximum absolute atomic E-state index is 11.2. The number of para-hydroxylation sites is 1. The number of primary amides is 1. The smallest absolute Gasteiger partial charge is 0.274 e. The van der Waals surface area contributed by atoms with Crippen molar-refractivity contribution >= 4 is 17.5 Å². The summed E-state index contributed by atoms with van der Waals surface area (Å²) < 4.78 is 0. The van der Waals surface area contributed by atoms with Crippen LogP contribution in [-0.2, 0) is 9.59 Å². The third-order valence-electron chi connectivity index (χ3n) is 1.60. The molecule has 0 bridgehead atoms. The van der Waals surface area contributed by atoms with E-state index in [0.29, 0.717) is 10.8 Å². The number of hydrogen-bond acceptors (Lipinski definition) is 3. The molecule has 0 fully saturated rings. The van der Waals surface area contributed by atoms with Crippen molar-refractivity contribution in [3.05, 3.63) is 42.5 Å². The molecule has 1 aromatic rings. The van der Waals surface area contributed by atoms with Crippen LogP contribution in [0, 0.1) is 0 Å². The van der Waals surface area contributed by atoms with E-state index in [1.165, 1.54) is 0 Å². The monoisotopic (exact) mass is 206 g/mol. The van der Waals surface area contributed by atoms with Crippen LogP contribution in [0.5, 0.6) is 0 Å². The van der Waals surface area contributed by atoms with Crippen molar-refractivity contribution in [2.24, 2.45) is 5.73 Å². The molecule has 0 aliphatic carbocycles. The summed E-state index contributed by atoms with van der Waals surface area (Å²) in [6, 6.07) is 8.19. The SMILES string of the molecule is NC(=O)/C=C\C(=O)N(O)c1ccccc1. The van der Waals surface area contributed by atoms with Crippen LogP contribution in [0.3, 0.4) is 0 Å². The average molecular weight is 206 g/mol. The first-order valence-electron chi connectivity index (χ1n) is 4.17. The number of amides is 2. The highest BCUT2D eigenvalue weighted by Crippen LogP contribution is 2.10. The number of hydroxylamine groups is 1. The van der Waals surface area contributed by atoms with Crippen LogP contribution in [0.4, 0.5) is 5.69 Å². The van der Waals surface area contributed by atoms with Crippen molar-refractivity contribution in [1.82, 2.24) is 0 Å². The van der Waals surface area contributed by atoms with Crippen molar-refractivity contribution in [2.45, 2.75) is 0 Å². The first-order chi connectivity index (χ1) is 7.11. The zero-order valence-electron chi connectivity index (χ0n) is 7.83. The van der Waals surface area contributed by atoms with E-state index in [2.05, 4.69) is 0 Å². The summed E-state index contributed by atoms with van der Waals surface area (Å²) in [5.41, 5.74) is 5.12. The van der Waals surface area contributed by atoms with Crippen molar-refractivity contribution in [1.29, 1.82) is 0 Å². The lowest BCUT2D eigenvalue weighted by molar-refractivity contribution is -0.119. The van der Waals surface area contributed by atoms with E-state index in [9.17, 15) is 14.8 Å². The number of rotatable bonds is 3. The van der Waals surface area contributed by atoms with E-state index in [0.717, 1.165) is 12.2 Å². The molecule has 0 heterocycles. The Hall–Kier alpha value is -2.14. The van der Waals surface area contributed by atoms with Crippen LogP contribution >= 0.6 is 0 Å². The van der Waals surface area contributed by atoms with Crippen LogP contribution in [0.25, 0.3) is 0 Å². The van der Waals surface area contributed by atoms with Gasteiger partial charge in [0.05, 0.1) is 5.69 Å². The van der Waals surface area contributed by atoms with Gasteiger partial charge in [-0.05, 0) is 12.1 Å². The largest absolute Gasteiger partial charge is 0.366 e. The Bertz CT molecular complexity index is 387. The highest BCUT2D eigenvalue weighted by atomic mass is 16.5. The first-order valence-corrected chi connectivity index (χ1v) is 4.17. The Morgan fingerprint density at radius 3 is 2.33 bits per heavy atom. The summed E-state index contributed by atoms with van der Waals surface area (Å²) in [5.74, 6) is -1.48. The Morgan fingerprint density at radius 2 is 1.80 bits per heavy atom. The van der Waals surface area contributed by atoms with Crippen LogP contribution < -0.4 is 10.8 Å². The van der Waals surface area contributed by atoms with Gasteiger partial charge in [-0.25, -0.2) is 0 Å². The molecule has 0 aliphatic rings. The highest BCUT2D eigenvalue weighted by Gasteiger charge is 2.08. The number of carbonyl (C=O) groups excluding carboxylic acids is 2. The minimum atomic E-state index is -0.746. The van der Waals surface area contributed by atoms with Gasteiger partial charge < -0.3 is 5.73 Å². The van der Waals surface area contributed by atoms with Crippen molar-refractivity contribution in [3.63, 3.8) is 0 Å². The molecule has 5 nitrogen and oxygen atoms in total. The van der Waals surface area contributed by atoms with Gasteiger partial charge in [-0.1, -0.05) is 18.2 Å². The Kier molecular flexibility index (Phi) is 3.59. The fourth-order valence-corrected chi connectivity index (χ4v) is 0.920. The molecule has 1 rings (SSSR count). The van der Waals surface area contributed by atoms with Gasteiger partial charge in [0.1, 0.15) is 0 Å². The van der Waals surface area contributed by atoms with E-state index in [4.69, 9.17) is 5.73 Å². The van der Waals surface area contributed by atoms with Gasteiger partial charge >= 0.3 is 0 Å². The molecule has 0 aliphatic heterocycles. The lowest BCUT2D eigenvalue weighted by Gasteiger charge is -2.11. The lowest BCUT2D eigenvalue weighted by Crippen LogP contribution is -2.25. The van der Waals surface area contributed by atoms with Gasteiger partial charge in [-0.15, -0.1) is 0 Å². The summed E-state index contributed by atoms with van der Waals surface area (Å²) >= 11 is 0. The fraction of sp³-hybridized carbons (Fsp3) is 0. The third kappa shape index (κ3) is 3.24. The van der Waals surface area contributed by atoms with Crippen molar-refractivity contribution in [3.8, 4) is 0 Å².